The van der Waals surface area contributed by atoms with Gasteiger partial charge in [0.25, 0.3) is 0 Å². The molecular formula is C14H31N3O. The number of amides is 1. The van der Waals surface area contributed by atoms with E-state index in [0.29, 0.717) is 6.42 Å². The van der Waals surface area contributed by atoms with Gasteiger partial charge in [-0.15, -0.1) is 0 Å². The number of hydrogen-bond donors (Lipinski definition) is 2. The molecule has 4 heteroatoms. The van der Waals surface area contributed by atoms with Crippen LogP contribution in [0.4, 0.5) is 0 Å². The van der Waals surface area contributed by atoms with Crippen LogP contribution in [0.25, 0.3) is 0 Å². The number of nitrogens with two attached hydrogens (primary N) is 1. The predicted octanol–water partition coefficient (Wildman–Crippen LogP) is 2.15. The highest BCUT2D eigenvalue weighted by molar-refractivity contribution is 5.75. The normalized spacial score (nSPS) is 11.6. The molecule has 0 aliphatic carbocycles. The smallest absolute Gasteiger partial charge is 0.233 e. The summed E-state index contributed by atoms with van der Waals surface area (Å²) >= 11 is 0. The van der Waals surface area contributed by atoms with Crippen LogP contribution in [-0.4, -0.2) is 30.4 Å². The average Bonchev–Trinajstić information content (AvgIpc) is 2.31. The third-order valence-electron chi connectivity index (χ3n) is 3.08. The molecule has 0 aromatic rings. The lowest BCUT2D eigenvalue weighted by atomic mass is 10.1. The van der Waals surface area contributed by atoms with Gasteiger partial charge in [-0.25, -0.2) is 5.84 Å². The second-order valence-electron chi connectivity index (χ2n) is 5.88. The van der Waals surface area contributed by atoms with E-state index in [1.54, 1.807) is 0 Å². The van der Waals surface area contributed by atoms with E-state index in [1.165, 1.54) is 12.8 Å². The van der Waals surface area contributed by atoms with E-state index in [4.69, 9.17) is 5.84 Å². The summed E-state index contributed by atoms with van der Waals surface area (Å²) in [6.07, 6.45) is 3.86. The molecule has 0 aromatic carbocycles. The van der Waals surface area contributed by atoms with Gasteiger partial charge < -0.3 is 4.90 Å². The second-order valence-corrected chi connectivity index (χ2v) is 5.88. The Morgan fingerprint density at radius 2 is 1.56 bits per heavy atom. The molecule has 18 heavy (non-hydrogen) atoms. The van der Waals surface area contributed by atoms with Gasteiger partial charge in [-0.05, 0) is 50.7 Å². The van der Waals surface area contributed by atoms with Crippen LogP contribution in [0.3, 0.4) is 0 Å². The van der Waals surface area contributed by atoms with Crippen LogP contribution in [0.15, 0.2) is 0 Å². The molecule has 0 fully saturated rings. The quantitative estimate of drug-likeness (QED) is 0.358. The molecule has 4 nitrogen and oxygen atoms in total. The van der Waals surface area contributed by atoms with E-state index in [0.717, 1.165) is 37.9 Å². The van der Waals surface area contributed by atoms with Crippen LogP contribution in [0.2, 0.25) is 0 Å². The van der Waals surface area contributed by atoms with E-state index in [2.05, 4.69) is 38.0 Å². The molecular weight excluding hydrogens is 226 g/mol. The van der Waals surface area contributed by atoms with E-state index < -0.39 is 0 Å². The Hall–Kier alpha value is -0.610. The van der Waals surface area contributed by atoms with Crippen molar-refractivity contribution in [1.82, 2.24) is 10.3 Å². The lowest BCUT2D eigenvalue weighted by Crippen LogP contribution is -2.32. The van der Waals surface area contributed by atoms with Crippen LogP contribution >= 0.6 is 0 Å². The molecule has 0 bridgehead atoms. The topological polar surface area (TPSA) is 58.4 Å². The van der Waals surface area contributed by atoms with E-state index in [1.807, 2.05) is 0 Å². The van der Waals surface area contributed by atoms with E-state index >= 15 is 0 Å². The third kappa shape index (κ3) is 10.5. The van der Waals surface area contributed by atoms with Gasteiger partial charge in [-0.1, -0.05) is 27.7 Å². The third-order valence-corrected chi connectivity index (χ3v) is 3.08. The van der Waals surface area contributed by atoms with E-state index in [9.17, 15) is 4.79 Å². The van der Waals surface area contributed by atoms with Crippen molar-refractivity contribution in [3.63, 3.8) is 0 Å². The lowest BCUT2D eigenvalue weighted by Gasteiger charge is -2.24. The molecule has 0 aliphatic heterocycles. The average molecular weight is 257 g/mol. The number of nitrogens with one attached hydrogen (secondary N) is 1. The Balaban J connectivity index is 3.91. The summed E-state index contributed by atoms with van der Waals surface area (Å²) in [5.41, 5.74) is 2.18. The number of nitrogens with zero attached hydrogens (tertiary/aromatic N) is 1. The van der Waals surface area contributed by atoms with Crippen LogP contribution in [0.5, 0.6) is 0 Å². The van der Waals surface area contributed by atoms with Gasteiger partial charge in [0.1, 0.15) is 0 Å². The Morgan fingerprint density at radius 1 is 1.06 bits per heavy atom. The maximum absolute atomic E-state index is 11.1. The molecule has 0 heterocycles. The zero-order chi connectivity index (χ0) is 14.0. The fourth-order valence-corrected chi connectivity index (χ4v) is 1.75. The molecule has 3 N–H and O–H groups in total. The zero-order valence-corrected chi connectivity index (χ0v) is 12.5. The summed E-state index contributed by atoms with van der Waals surface area (Å²) < 4.78 is 0. The van der Waals surface area contributed by atoms with E-state index in [-0.39, 0.29) is 5.91 Å². The summed E-state index contributed by atoms with van der Waals surface area (Å²) in [6, 6.07) is 0. The first-order chi connectivity index (χ1) is 8.45. The monoisotopic (exact) mass is 257 g/mol. The van der Waals surface area contributed by atoms with Crippen molar-refractivity contribution in [1.29, 1.82) is 0 Å². The molecule has 0 aliphatic rings. The van der Waals surface area contributed by atoms with Crippen molar-refractivity contribution in [3.8, 4) is 0 Å². The minimum Gasteiger partial charge on any atom is -0.303 e. The van der Waals surface area contributed by atoms with Crippen molar-refractivity contribution in [2.45, 2.75) is 53.4 Å². The van der Waals surface area contributed by atoms with Gasteiger partial charge in [0.2, 0.25) is 5.91 Å². The molecule has 0 unspecified atom stereocenters. The predicted molar refractivity (Wildman–Crippen MR) is 76.9 cm³/mol. The molecule has 108 valence electrons. The molecule has 0 rings (SSSR count). The summed E-state index contributed by atoms with van der Waals surface area (Å²) in [7, 11) is 0. The Labute approximate surface area is 112 Å². The Kier molecular flexibility index (Phi) is 9.98. The van der Waals surface area contributed by atoms with Gasteiger partial charge in [0.05, 0.1) is 0 Å². The van der Waals surface area contributed by atoms with Gasteiger partial charge in [-0.3, -0.25) is 10.2 Å². The largest absolute Gasteiger partial charge is 0.303 e. The Morgan fingerprint density at radius 3 is 1.94 bits per heavy atom. The highest BCUT2D eigenvalue weighted by Crippen LogP contribution is 2.07. The fraction of sp³-hybridized carbons (Fsp3) is 0.929. The number of hydrazine groups is 1. The van der Waals surface area contributed by atoms with Gasteiger partial charge in [-0.2, -0.15) is 0 Å². The van der Waals surface area contributed by atoms with Crippen molar-refractivity contribution >= 4 is 5.91 Å². The van der Waals surface area contributed by atoms with Crippen LogP contribution in [0.1, 0.15) is 53.4 Å². The lowest BCUT2D eigenvalue weighted by molar-refractivity contribution is -0.121. The molecule has 0 saturated carbocycles. The van der Waals surface area contributed by atoms with Gasteiger partial charge in [0.15, 0.2) is 0 Å². The molecule has 0 aromatic heterocycles. The summed E-state index contributed by atoms with van der Waals surface area (Å²) in [6.45, 7) is 12.3. The molecule has 0 radical (unpaired) electrons. The van der Waals surface area contributed by atoms with Crippen molar-refractivity contribution in [2.24, 2.45) is 17.7 Å². The molecule has 0 saturated heterocycles. The number of carbonyl (C=O) groups is 1. The van der Waals surface area contributed by atoms with Gasteiger partial charge in [0, 0.05) is 6.42 Å². The highest BCUT2D eigenvalue weighted by atomic mass is 16.2. The zero-order valence-electron chi connectivity index (χ0n) is 12.5. The first kappa shape index (κ1) is 17.4. The summed E-state index contributed by atoms with van der Waals surface area (Å²) in [5.74, 6) is 6.48. The maximum Gasteiger partial charge on any atom is 0.233 e. The maximum atomic E-state index is 11.1. The standard InChI is InChI=1S/C14H31N3O/c1-12(2)7-10-17(11-8-13(3)4)9-5-6-14(18)16-15/h12-13H,5-11,15H2,1-4H3,(H,16,18). The SMILES string of the molecule is CC(C)CCN(CCCC(=O)NN)CCC(C)C. The van der Waals surface area contributed by atoms with Crippen LogP contribution in [0, 0.1) is 11.8 Å². The minimum atomic E-state index is -0.0670. The van der Waals surface area contributed by atoms with Gasteiger partial charge >= 0.3 is 0 Å². The fourth-order valence-electron chi connectivity index (χ4n) is 1.75. The summed E-state index contributed by atoms with van der Waals surface area (Å²) in [5, 5.41) is 0. The summed E-state index contributed by atoms with van der Waals surface area (Å²) in [4.78, 5) is 13.5. The molecule has 0 atom stereocenters. The number of carbonyl (C=O) groups excluding carboxylic acids is 1. The molecule has 1 amide bonds. The highest BCUT2D eigenvalue weighted by Gasteiger charge is 2.08. The van der Waals surface area contributed by atoms with Crippen molar-refractivity contribution in [3.05, 3.63) is 0 Å². The van der Waals surface area contributed by atoms with Crippen LogP contribution < -0.4 is 11.3 Å². The first-order valence-corrected chi connectivity index (χ1v) is 7.17. The first-order valence-electron chi connectivity index (χ1n) is 7.17. The minimum absolute atomic E-state index is 0.0670. The molecule has 0 spiro atoms. The number of rotatable bonds is 10. The Bertz CT molecular complexity index is 205. The van der Waals surface area contributed by atoms with Crippen LogP contribution in [-0.2, 0) is 4.79 Å². The second kappa shape index (κ2) is 10.3. The van der Waals surface area contributed by atoms with Crippen molar-refractivity contribution in [2.75, 3.05) is 19.6 Å². The van der Waals surface area contributed by atoms with Crippen molar-refractivity contribution < 1.29 is 4.79 Å². The number of hydrogen-bond acceptors (Lipinski definition) is 3.